The van der Waals surface area contributed by atoms with Crippen LogP contribution >= 0.6 is 23.6 Å². The van der Waals surface area contributed by atoms with Gasteiger partial charge in [-0.2, -0.15) is 0 Å². The van der Waals surface area contributed by atoms with Crippen molar-refractivity contribution in [3.8, 4) is 0 Å². The minimum absolute atomic E-state index is 0.185. The van der Waals surface area contributed by atoms with Crippen molar-refractivity contribution in [2.75, 3.05) is 51.8 Å². The molecular formula is C18H27N3O3S2. The van der Waals surface area contributed by atoms with Crippen LogP contribution in [0.3, 0.4) is 0 Å². The minimum atomic E-state index is -0.282. The Hall–Kier alpha value is -1.22. The number of nitrogens with one attached hydrogen (secondary N) is 1. The molecular weight excluding hydrogens is 370 g/mol. The quantitative estimate of drug-likeness (QED) is 0.595. The lowest BCUT2D eigenvalue weighted by atomic mass is 9.88. The van der Waals surface area contributed by atoms with Gasteiger partial charge in [0.1, 0.15) is 5.00 Å². The first-order chi connectivity index (χ1) is 12.5. The van der Waals surface area contributed by atoms with Gasteiger partial charge in [0.2, 0.25) is 0 Å². The number of hydrogen-bond acceptors (Lipinski definition) is 6. The average Bonchev–Trinajstić information content (AvgIpc) is 2.98. The number of anilines is 1. The summed E-state index contributed by atoms with van der Waals surface area (Å²) in [5.41, 5.74) is 1.80. The summed E-state index contributed by atoms with van der Waals surface area (Å²) in [6, 6.07) is 0. The summed E-state index contributed by atoms with van der Waals surface area (Å²) < 4.78 is 5.04. The number of thiocarbonyl (C=S) groups is 1. The summed E-state index contributed by atoms with van der Waals surface area (Å²) >= 11 is 7.25. The highest BCUT2D eigenvalue weighted by molar-refractivity contribution is 7.80. The topological polar surface area (TPSA) is 65.0 Å². The summed E-state index contributed by atoms with van der Waals surface area (Å²) in [5.74, 6) is 0.362. The molecule has 8 heteroatoms. The zero-order valence-electron chi connectivity index (χ0n) is 15.4. The van der Waals surface area contributed by atoms with Crippen LogP contribution in [0.25, 0.3) is 0 Å². The molecule has 0 spiro atoms. The molecule has 2 N–H and O–H groups in total. The molecule has 0 amide bonds. The fourth-order valence-electron chi connectivity index (χ4n) is 3.65. The SMILES string of the molecule is COC(=O)c1c(NC(=S)N2CCN(CCO)CC2)sc2c1CCC(C)C2. The Morgan fingerprint density at radius 3 is 2.77 bits per heavy atom. The Bertz CT molecular complexity index is 669. The van der Waals surface area contributed by atoms with E-state index in [4.69, 9.17) is 22.1 Å². The van der Waals surface area contributed by atoms with Gasteiger partial charge in [0.05, 0.1) is 19.3 Å². The van der Waals surface area contributed by atoms with Gasteiger partial charge >= 0.3 is 5.97 Å². The summed E-state index contributed by atoms with van der Waals surface area (Å²) in [5, 5.41) is 13.9. The zero-order valence-corrected chi connectivity index (χ0v) is 17.0. The van der Waals surface area contributed by atoms with Crippen LogP contribution in [-0.2, 0) is 17.6 Å². The summed E-state index contributed by atoms with van der Waals surface area (Å²) in [7, 11) is 1.43. The predicted molar refractivity (Wildman–Crippen MR) is 108 cm³/mol. The molecule has 0 aromatic carbocycles. The third-order valence-corrected chi connectivity index (χ3v) is 6.73. The monoisotopic (exact) mass is 397 g/mol. The number of piperazine rings is 1. The summed E-state index contributed by atoms with van der Waals surface area (Å²) in [6.45, 7) is 6.54. The molecule has 6 nitrogen and oxygen atoms in total. The largest absolute Gasteiger partial charge is 0.465 e. The van der Waals surface area contributed by atoms with Gasteiger partial charge in [-0.15, -0.1) is 11.3 Å². The lowest BCUT2D eigenvalue weighted by molar-refractivity contribution is 0.0601. The van der Waals surface area contributed by atoms with E-state index in [0.717, 1.165) is 56.0 Å². The number of carbonyl (C=O) groups excluding carboxylic acids is 1. The zero-order chi connectivity index (χ0) is 18.7. The molecule has 1 saturated heterocycles. The highest BCUT2D eigenvalue weighted by Gasteiger charge is 2.29. The van der Waals surface area contributed by atoms with E-state index in [1.165, 1.54) is 12.0 Å². The van der Waals surface area contributed by atoms with Crippen molar-refractivity contribution >= 4 is 39.6 Å². The standard InChI is InChI=1S/C18H27N3O3S2/c1-12-3-4-13-14(11-12)26-16(15(13)17(23)24-2)19-18(25)21-7-5-20(6-8-21)9-10-22/h12,22H,3-11H2,1-2H3,(H,19,25). The van der Waals surface area contributed by atoms with Crippen LogP contribution in [0.5, 0.6) is 0 Å². The van der Waals surface area contributed by atoms with Gasteiger partial charge < -0.3 is 20.1 Å². The van der Waals surface area contributed by atoms with Crippen molar-refractivity contribution in [2.45, 2.75) is 26.2 Å². The normalized spacial score (nSPS) is 20.6. The number of ether oxygens (including phenoxy) is 1. The number of rotatable bonds is 4. The van der Waals surface area contributed by atoms with E-state index < -0.39 is 0 Å². The molecule has 1 aliphatic carbocycles. The number of carbonyl (C=O) groups is 1. The van der Waals surface area contributed by atoms with Crippen LogP contribution in [0.4, 0.5) is 5.00 Å². The smallest absolute Gasteiger partial charge is 0.341 e. The van der Waals surface area contributed by atoms with E-state index in [1.807, 2.05) is 0 Å². The highest BCUT2D eigenvalue weighted by atomic mass is 32.1. The van der Waals surface area contributed by atoms with E-state index in [2.05, 4.69) is 22.0 Å². The molecule has 1 aromatic rings. The van der Waals surface area contributed by atoms with Crippen molar-refractivity contribution in [3.05, 3.63) is 16.0 Å². The van der Waals surface area contributed by atoms with Crippen LogP contribution in [0, 0.1) is 5.92 Å². The summed E-state index contributed by atoms with van der Waals surface area (Å²) in [4.78, 5) is 18.0. The highest BCUT2D eigenvalue weighted by Crippen LogP contribution is 2.40. The minimum Gasteiger partial charge on any atom is -0.465 e. The van der Waals surface area contributed by atoms with E-state index in [-0.39, 0.29) is 12.6 Å². The Balaban J connectivity index is 1.73. The Morgan fingerprint density at radius 1 is 1.38 bits per heavy atom. The van der Waals surface area contributed by atoms with Crippen molar-refractivity contribution in [1.82, 2.24) is 9.80 Å². The first-order valence-corrected chi connectivity index (χ1v) is 10.4. The Morgan fingerprint density at radius 2 is 2.12 bits per heavy atom. The number of β-amino-alcohol motifs (C(OH)–C–C–N with tert-alkyl or cyclic N) is 1. The molecule has 1 aliphatic heterocycles. The van der Waals surface area contributed by atoms with Gasteiger partial charge in [0.15, 0.2) is 5.11 Å². The number of esters is 1. The number of hydrogen-bond donors (Lipinski definition) is 2. The lowest BCUT2D eigenvalue weighted by Gasteiger charge is -2.35. The number of nitrogens with zero attached hydrogens (tertiary/aromatic N) is 2. The number of aliphatic hydroxyl groups is 1. The Labute approximate surface area is 164 Å². The van der Waals surface area contributed by atoms with Crippen LogP contribution in [-0.4, -0.2) is 72.4 Å². The van der Waals surface area contributed by atoms with Gasteiger partial charge in [0, 0.05) is 37.6 Å². The van der Waals surface area contributed by atoms with Crippen LogP contribution in [0.2, 0.25) is 0 Å². The van der Waals surface area contributed by atoms with Crippen LogP contribution < -0.4 is 5.32 Å². The van der Waals surface area contributed by atoms with Crippen LogP contribution in [0.15, 0.2) is 0 Å². The van der Waals surface area contributed by atoms with Crippen LogP contribution in [0.1, 0.15) is 34.1 Å². The maximum absolute atomic E-state index is 12.4. The Kier molecular flexibility index (Phi) is 6.50. The first-order valence-electron chi connectivity index (χ1n) is 9.15. The first kappa shape index (κ1) is 19.5. The molecule has 26 heavy (non-hydrogen) atoms. The second kappa shape index (κ2) is 8.65. The molecule has 0 radical (unpaired) electrons. The molecule has 0 saturated carbocycles. The van der Waals surface area contributed by atoms with Crippen molar-refractivity contribution in [3.63, 3.8) is 0 Å². The fraction of sp³-hybridized carbons (Fsp3) is 0.667. The maximum Gasteiger partial charge on any atom is 0.341 e. The number of methoxy groups -OCH3 is 1. The van der Waals surface area contributed by atoms with E-state index in [9.17, 15) is 4.79 Å². The van der Waals surface area contributed by atoms with Gasteiger partial charge in [0.25, 0.3) is 0 Å². The van der Waals surface area contributed by atoms with E-state index >= 15 is 0 Å². The second-order valence-corrected chi connectivity index (χ2v) is 8.52. The number of fused-ring (bicyclic) bond motifs is 1. The third-order valence-electron chi connectivity index (χ3n) is 5.20. The van der Waals surface area contributed by atoms with Gasteiger partial charge in [-0.3, -0.25) is 4.90 Å². The fourth-order valence-corrected chi connectivity index (χ4v) is 5.40. The molecule has 1 fully saturated rings. The molecule has 3 rings (SSSR count). The van der Waals surface area contributed by atoms with E-state index in [0.29, 0.717) is 23.1 Å². The van der Waals surface area contributed by atoms with Gasteiger partial charge in [-0.25, -0.2) is 4.79 Å². The molecule has 1 unspecified atom stereocenters. The molecule has 1 aromatic heterocycles. The molecule has 2 heterocycles. The lowest BCUT2D eigenvalue weighted by Crippen LogP contribution is -2.50. The summed E-state index contributed by atoms with van der Waals surface area (Å²) in [6.07, 6.45) is 3.04. The molecule has 1 atom stereocenters. The molecule has 2 aliphatic rings. The maximum atomic E-state index is 12.4. The van der Waals surface area contributed by atoms with E-state index in [1.54, 1.807) is 11.3 Å². The third kappa shape index (κ3) is 4.19. The predicted octanol–water partition coefficient (Wildman–Crippen LogP) is 1.97. The number of thiophene rings is 1. The van der Waals surface area contributed by atoms with Crippen molar-refractivity contribution < 1.29 is 14.6 Å². The molecule has 144 valence electrons. The van der Waals surface area contributed by atoms with Gasteiger partial charge in [-0.1, -0.05) is 6.92 Å². The number of aliphatic hydroxyl groups excluding tert-OH is 1. The molecule has 0 bridgehead atoms. The van der Waals surface area contributed by atoms with Crippen molar-refractivity contribution in [2.24, 2.45) is 5.92 Å². The van der Waals surface area contributed by atoms with Gasteiger partial charge in [-0.05, 0) is 43.0 Å². The van der Waals surface area contributed by atoms with Crippen molar-refractivity contribution in [1.29, 1.82) is 0 Å². The average molecular weight is 398 g/mol. The second-order valence-electron chi connectivity index (χ2n) is 7.03.